The Hall–Kier alpha value is -3.65. The van der Waals surface area contributed by atoms with Crippen molar-refractivity contribution in [3.05, 3.63) is 77.2 Å². The van der Waals surface area contributed by atoms with Crippen molar-refractivity contribution in [3.63, 3.8) is 0 Å². The second-order valence-electron chi connectivity index (χ2n) is 9.64. The summed E-state index contributed by atoms with van der Waals surface area (Å²) >= 11 is 6.04. The Kier molecular flexibility index (Phi) is 5.14. The maximum Gasteiger partial charge on any atom is 0.318 e. The molecule has 1 saturated carbocycles. The molecule has 6 rings (SSSR count). The van der Waals surface area contributed by atoms with Crippen LogP contribution in [0, 0.1) is 0 Å². The van der Waals surface area contributed by atoms with Gasteiger partial charge in [-0.15, -0.1) is 11.6 Å². The van der Waals surface area contributed by atoms with Crippen LogP contribution in [0.25, 0.3) is 10.9 Å². The fourth-order valence-electron chi connectivity index (χ4n) is 5.00. The average Bonchev–Trinajstić information content (AvgIpc) is 3.42. The Balaban J connectivity index is 1.23. The van der Waals surface area contributed by atoms with Gasteiger partial charge in [0, 0.05) is 22.9 Å². The van der Waals surface area contributed by atoms with Gasteiger partial charge >= 0.3 is 6.03 Å². The first-order valence-electron chi connectivity index (χ1n) is 11.7. The number of carbonyl (C=O) groups is 1. The number of amides is 2. The molecular weight excluding hydrogens is 462 g/mol. The molecule has 1 fully saturated rings. The van der Waals surface area contributed by atoms with Crippen LogP contribution < -0.4 is 10.6 Å². The number of hydrogen-bond acceptors (Lipinski definition) is 5. The highest BCUT2D eigenvalue weighted by atomic mass is 35.5. The maximum absolute atomic E-state index is 13.3. The van der Waals surface area contributed by atoms with Crippen LogP contribution in [-0.4, -0.2) is 37.1 Å². The van der Waals surface area contributed by atoms with Crippen molar-refractivity contribution in [1.82, 2.24) is 30.4 Å². The average molecular weight is 488 g/mol. The van der Waals surface area contributed by atoms with Crippen molar-refractivity contribution in [1.29, 1.82) is 0 Å². The van der Waals surface area contributed by atoms with E-state index in [1.807, 2.05) is 61.2 Å². The third kappa shape index (κ3) is 3.78. The predicted octanol–water partition coefficient (Wildman–Crippen LogP) is 5.15. The lowest BCUT2D eigenvalue weighted by atomic mass is 10.0. The molecule has 8 nitrogen and oxygen atoms in total. The Morgan fingerprint density at radius 1 is 1.11 bits per heavy atom. The molecule has 2 atom stereocenters. The first-order chi connectivity index (χ1) is 17.0. The van der Waals surface area contributed by atoms with E-state index in [0.717, 1.165) is 28.6 Å². The molecule has 2 aromatic carbocycles. The number of nitrogens with zero attached hydrogens (tertiary/aromatic N) is 4. The van der Waals surface area contributed by atoms with Gasteiger partial charge in [0.05, 0.1) is 29.2 Å². The van der Waals surface area contributed by atoms with Crippen LogP contribution in [0.5, 0.6) is 0 Å². The molecular formula is C26H26ClN7O. The zero-order valence-corrected chi connectivity index (χ0v) is 20.3. The van der Waals surface area contributed by atoms with Crippen LogP contribution in [-0.2, 0) is 18.0 Å². The topological polar surface area (TPSA) is 98.8 Å². The van der Waals surface area contributed by atoms with Crippen molar-refractivity contribution < 1.29 is 4.79 Å². The molecule has 0 bridgehead atoms. The van der Waals surface area contributed by atoms with Crippen LogP contribution >= 0.6 is 11.6 Å². The molecule has 1 aliphatic carbocycles. The van der Waals surface area contributed by atoms with E-state index < -0.39 is 5.54 Å². The number of para-hydroxylation sites is 1. The van der Waals surface area contributed by atoms with Crippen molar-refractivity contribution in [2.24, 2.45) is 0 Å². The van der Waals surface area contributed by atoms with Crippen LogP contribution in [0.2, 0.25) is 0 Å². The number of aromatic nitrogens is 4. The van der Waals surface area contributed by atoms with Gasteiger partial charge in [-0.05, 0) is 38.0 Å². The number of rotatable bonds is 5. The number of benzene rings is 2. The summed E-state index contributed by atoms with van der Waals surface area (Å²) in [6, 6.07) is 18.2. The lowest BCUT2D eigenvalue weighted by molar-refractivity contribution is 0.142. The molecule has 0 radical (unpaired) electrons. The lowest BCUT2D eigenvalue weighted by Crippen LogP contribution is -2.47. The monoisotopic (exact) mass is 487 g/mol. The van der Waals surface area contributed by atoms with Gasteiger partial charge in [-0.2, -0.15) is 5.10 Å². The molecule has 0 spiro atoms. The van der Waals surface area contributed by atoms with E-state index in [1.54, 1.807) is 0 Å². The van der Waals surface area contributed by atoms with Gasteiger partial charge in [0.1, 0.15) is 11.6 Å². The largest absolute Gasteiger partial charge is 0.335 e. The Labute approximate surface area is 208 Å². The van der Waals surface area contributed by atoms with E-state index in [4.69, 9.17) is 11.6 Å². The summed E-state index contributed by atoms with van der Waals surface area (Å²) in [6.07, 6.45) is 0.966. The quantitative estimate of drug-likeness (QED) is 0.338. The highest BCUT2D eigenvalue weighted by molar-refractivity contribution is 6.16. The molecule has 2 amide bonds. The fraction of sp³-hybridized carbons (Fsp3) is 0.308. The number of urea groups is 1. The van der Waals surface area contributed by atoms with E-state index >= 15 is 0 Å². The summed E-state index contributed by atoms with van der Waals surface area (Å²) in [6.45, 7) is 4.52. The Bertz CT molecular complexity index is 1420. The second kappa shape index (κ2) is 8.23. The first kappa shape index (κ1) is 21.9. The zero-order valence-electron chi connectivity index (χ0n) is 19.5. The van der Waals surface area contributed by atoms with Crippen molar-refractivity contribution in [2.45, 2.75) is 50.2 Å². The minimum absolute atomic E-state index is 0.0640. The molecule has 0 saturated heterocycles. The second-order valence-corrected chi connectivity index (χ2v) is 9.91. The van der Waals surface area contributed by atoms with Gasteiger partial charge in [0.25, 0.3) is 0 Å². The minimum atomic E-state index is -0.529. The zero-order chi connectivity index (χ0) is 24.2. The maximum atomic E-state index is 13.3. The molecule has 4 aromatic rings. The van der Waals surface area contributed by atoms with Crippen LogP contribution in [0.15, 0.2) is 54.6 Å². The fourth-order valence-corrected chi connectivity index (χ4v) is 5.12. The van der Waals surface area contributed by atoms with E-state index in [-0.39, 0.29) is 18.0 Å². The van der Waals surface area contributed by atoms with E-state index in [1.165, 1.54) is 5.56 Å². The smallest absolute Gasteiger partial charge is 0.318 e. The molecule has 1 aliphatic heterocycles. The van der Waals surface area contributed by atoms with Gasteiger partial charge in [-0.1, -0.05) is 42.5 Å². The summed E-state index contributed by atoms with van der Waals surface area (Å²) < 4.78 is 0. The molecule has 3 N–H and O–H groups in total. The third-order valence-electron chi connectivity index (χ3n) is 7.05. The number of fused-ring (bicyclic) bond motifs is 2. The number of anilines is 2. The standard InChI is InChI=1S/C26H26ClN7O/c1-26(2)22-18(14-34(26)25(35)29-20-12-17(20)15-8-4-3-5-9-15)24(33-32-22)31-23-16-10-6-7-11-19(16)28-21(13-27)30-23/h3-11,17,20H,12-14H2,1-2H3,(H,29,35)(H2,28,30,31,32,33)/t17-,20+/m0/s1. The highest BCUT2D eigenvalue weighted by Crippen LogP contribution is 2.44. The summed E-state index contributed by atoms with van der Waals surface area (Å²) in [4.78, 5) is 24.3. The molecule has 3 heterocycles. The first-order valence-corrected chi connectivity index (χ1v) is 12.3. The number of H-pyrrole nitrogens is 1. The molecule has 9 heteroatoms. The van der Waals surface area contributed by atoms with Crippen molar-refractivity contribution in [2.75, 3.05) is 5.32 Å². The molecule has 178 valence electrons. The van der Waals surface area contributed by atoms with Crippen LogP contribution in [0.3, 0.4) is 0 Å². The Morgan fingerprint density at radius 3 is 2.69 bits per heavy atom. The molecule has 0 unspecified atom stereocenters. The summed E-state index contributed by atoms with van der Waals surface area (Å²) in [5.74, 6) is 2.43. The molecule has 35 heavy (non-hydrogen) atoms. The number of carbonyl (C=O) groups excluding carboxylic acids is 1. The van der Waals surface area contributed by atoms with Gasteiger partial charge < -0.3 is 15.5 Å². The predicted molar refractivity (Wildman–Crippen MR) is 136 cm³/mol. The molecule has 2 aliphatic rings. The minimum Gasteiger partial charge on any atom is -0.335 e. The number of nitrogens with one attached hydrogen (secondary N) is 3. The Morgan fingerprint density at radius 2 is 1.89 bits per heavy atom. The summed E-state index contributed by atoms with van der Waals surface area (Å²) in [7, 11) is 0. The molecule has 2 aromatic heterocycles. The van der Waals surface area contributed by atoms with Gasteiger partial charge in [0.2, 0.25) is 0 Å². The summed E-state index contributed by atoms with van der Waals surface area (Å²) in [5, 5.41) is 15.2. The van der Waals surface area contributed by atoms with Crippen molar-refractivity contribution in [3.8, 4) is 0 Å². The van der Waals surface area contributed by atoms with E-state index in [0.29, 0.717) is 29.9 Å². The van der Waals surface area contributed by atoms with Crippen LogP contribution in [0.1, 0.15) is 48.8 Å². The summed E-state index contributed by atoms with van der Waals surface area (Å²) in [5.41, 5.74) is 3.43. The number of alkyl halides is 1. The SMILES string of the molecule is CC1(C)c2[nH]nc(Nc3nc(CCl)nc4ccccc34)c2CN1C(=O)N[C@@H]1C[C@H]1c1ccccc1. The number of hydrogen-bond donors (Lipinski definition) is 3. The normalized spacial score (nSPS) is 20.0. The van der Waals surface area contributed by atoms with E-state index in [9.17, 15) is 4.79 Å². The third-order valence-corrected chi connectivity index (χ3v) is 7.29. The lowest BCUT2D eigenvalue weighted by Gasteiger charge is -2.32. The highest BCUT2D eigenvalue weighted by Gasteiger charge is 2.46. The number of halogens is 1. The van der Waals surface area contributed by atoms with Gasteiger partial charge in [0.15, 0.2) is 5.82 Å². The van der Waals surface area contributed by atoms with Gasteiger partial charge in [-0.25, -0.2) is 14.8 Å². The number of aromatic amines is 1. The van der Waals surface area contributed by atoms with Gasteiger partial charge in [-0.3, -0.25) is 5.10 Å². The van der Waals surface area contributed by atoms with E-state index in [2.05, 4.69) is 42.9 Å². The van der Waals surface area contributed by atoms with Crippen LogP contribution in [0.4, 0.5) is 16.4 Å². The van der Waals surface area contributed by atoms with Crippen molar-refractivity contribution >= 4 is 40.2 Å².